The summed E-state index contributed by atoms with van der Waals surface area (Å²) in [5, 5.41) is 20.8. The number of rotatable bonds is 5. The van der Waals surface area contributed by atoms with E-state index in [2.05, 4.69) is 15.9 Å². The summed E-state index contributed by atoms with van der Waals surface area (Å²) in [7, 11) is 1.28. The smallest absolute Gasteiger partial charge is 0.306 e. The first-order valence-corrected chi connectivity index (χ1v) is 11.8. The highest BCUT2D eigenvalue weighted by molar-refractivity contribution is 9.10. The van der Waals surface area contributed by atoms with Gasteiger partial charge in [0.2, 0.25) is 5.43 Å². The molecule has 0 radical (unpaired) electrons. The molecule has 3 aromatic carbocycles. The van der Waals surface area contributed by atoms with Crippen molar-refractivity contribution in [1.82, 2.24) is 0 Å². The van der Waals surface area contributed by atoms with Crippen LogP contribution in [0.5, 0.6) is 17.2 Å². The van der Waals surface area contributed by atoms with Crippen LogP contribution in [0.15, 0.2) is 68.5 Å². The van der Waals surface area contributed by atoms with Gasteiger partial charge in [-0.2, -0.15) is 0 Å². The van der Waals surface area contributed by atoms with Crippen molar-refractivity contribution < 1.29 is 33.6 Å². The van der Waals surface area contributed by atoms with Crippen molar-refractivity contribution in [3.05, 3.63) is 86.2 Å². The topological polar surface area (TPSA) is 115 Å². The zero-order valence-electron chi connectivity index (χ0n) is 19.1. The minimum absolute atomic E-state index is 0.0408. The van der Waals surface area contributed by atoms with Crippen molar-refractivity contribution in [2.45, 2.75) is 18.9 Å². The van der Waals surface area contributed by atoms with Crippen LogP contribution in [-0.2, 0) is 20.9 Å². The fourth-order valence-corrected chi connectivity index (χ4v) is 5.00. The summed E-state index contributed by atoms with van der Waals surface area (Å²) in [4.78, 5) is 26.0. The minimum atomic E-state index is -0.756. The standard InChI is InChI=1S/C27H21BrO8/c1-33-23(31)10-19(20-9-16(28)8-15-11-34-13-36-26(15)20)24-22(30)7-6-18-25(32)21(12-35-27(18)24)14-2-4-17(29)5-3-14/h2-9,12,19,29-30H,10-11,13H2,1H3/t19-/m1/s1. The summed E-state index contributed by atoms with van der Waals surface area (Å²) < 4.78 is 22.8. The van der Waals surface area contributed by atoms with Crippen LogP contribution in [0.4, 0.5) is 0 Å². The number of methoxy groups -OCH3 is 1. The predicted octanol–water partition coefficient (Wildman–Crippen LogP) is 5.20. The third kappa shape index (κ3) is 4.31. The number of phenols is 2. The largest absolute Gasteiger partial charge is 0.508 e. The molecule has 1 atom stereocenters. The van der Waals surface area contributed by atoms with E-state index < -0.39 is 11.9 Å². The summed E-state index contributed by atoms with van der Waals surface area (Å²) in [6.45, 7) is 0.360. The van der Waals surface area contributed by atoms with E-state index in [0.717, 1.165) is 10.0 Å². The van der Waals surface area contributed by atoms with Gasteiger partial charge in [-0.3, -0.25) is 9.59 Å². The van der Waals surface area contributed by atoms with Gasteiger partial charge in [-0.05, 0) is 42.0 Å². The number of hydrogen-bond donors (Lipinski definition) is 2. The average molecular weight is 553 g/mol. The van der Waals surface area contributed by atoms with Gasteiger partial charge in [-0.25, -0.2) is 0 Å². The maximum absolute atomic E-state index is 13.5. The molecule has 0 fully saturated rings. The highest BCUT2D eigenvalue weighted by atomic mass is 79.9. The number of ether oxygens (including phenoxy) is 3. The first-order chi connectivity index (χ1) is 17.4. The number of aromatic hydroxyl groups is 2. The second-order valence-electron chi connectivity index (χ2n) is 8.33. The molecule has 5 rings (SSSR count). The Morgan fingerprint density at radius 2 is 1.92 bits per heavy atom. The van der Waals surface area contributed by atoms with Crippen LogP contribution in [0, 0.1) is 0 Å². The molecule has 0 spiro atoms. The minimum Gasteiger partial charge on any atom is -0.508 e. The van der Waals surface area contributed by atoms with Gasteiger partial charge >= 0.3 is 5.97 Å². The third-order valence-corrected chi connectivity index (χ3v) is 6.62. The second kappa shape index (κ2) is 9.67. The number of fused-ring (bicyclic) bond motifs is 2. The molecule has 4 aromatic rings. The SMILES string of the molecule is COC(=O)C[C@H](c1cc(Br)cc2c1OCOC2)c1c(O)ccc2c(=O)c(-c3ccc(O)cc3)coc12. The summed E-state index contributed by atoms with van der Waals surface area (Å²) in [6, 6.07) is 12.7. The van der Waals surface area contributed by atoms with Crippen LogP contribution in [-0.4, -0.2) is 30.1 Å². The second-order valence-corrected chi connectivity index (χ2v) is 9.24. The Kier molecular flexibility index (Phi) is 6.42. The Balaban J connectivity index is 1.75. The van der Waals surface area contributed by atoms with E-state index in [-0.39, 0.29) is 46.7 Å². The first kappa shape index (κ1) is 23.9. The molecule has 1 aliphatic rings. The fourth-order valence-electron chi connectivity index (χ4n) is 4.47. The van der Waals surface area contributed by atoms with E-state index in [4.69, 9.17) is 18.6 Å². The molecule has 0 bridgehead atoms. The fraction of sp³-hybridized carbons (Fsp3) is 0.185. The summed E-state index contributed by atoms with van der Waals surface area (Å²) in [5.41, 5.74) is 2.35. The van der Waals surface area contributed by atoms with Crippen LogP contribution < -0.4 is 10.2 Å². The van der Waals surface area contributed by atoms with Crippen molar-refractivity contribution in [3.8, 4) is 28.4 Å². The van der Waals surface area contributed by atoms with Crippen molar-refractivity contribution in [3.63, 3.8) is 0 Å². The first-order valence-electron chi connectivity index (χ1n) is 11.0. The Bertz CT molecular complexity index is 1520. The molecular formula is C27H21BrO8. The summed E-state index contributed by atoms with van der Waals surface area (Å²) in [5.74, 6) is -0.796. The number of benzene rings is 3. The lowest BCUT2D eigenvalue weighted by Crippen LogP contribution is -2.17. The van der Waals surface area contributed by atoms with Gasteiger partial charge in [0, 0.05) is 27.1 Å². The van der Waals surface area contributed by atoms with Crippen molar-refractivity contribution in [2.75, 3.05) is 13.9 Å². The van der Waals surface area contributed by atoms with Crippen LogP contribution in [0.1, 0.15) is 29.0 Å². The van der Waals surface area contributed by atoms with Gasteiger partial charge < -0.3 is 28.8 Å². The highest BCUT2D eigenvalue weighted by Crippen LogP contribution is 2.45. The average Bonchev–Trinajstić information content (AvgIpc) is 2.88. The predicted molar refractivity (Wildman–Crippen MR) is 134 cm³/mol. The molecule has 0 aliphatic carbocycles. The van der Waals surface area contributed by atoms with Crippen LogP contribution in [0.25, 0.3) is 22.1 Å². The van der Waals surface area contributed by atoms with Gasteiger partial charge in [0.25, 0.3) is 0 Å². The summed E-state index contributed by atoms with van der Waals surface area (Å²) >= 11 is 3.50. The lowest BCUT2D eigenvalue weighted by Gasteiger charge is -2.26. The highest BCUT2D eigenvalue weighted by Gasteiger charge is 2.31. The van der Waals surface area contributed by atoms with Crippen LogP contribution in [0.3, 0.4) is 0 Å². The van der Waals surface area contributed by atoms with E-state index in [1.165, 1.54) is 37.6 Å². The quantitative estimate of drug-likeness (QED) is 0.325. The number of hydrogen-bond acceptors (Lipinski definition) is 8. The number of esters is 1. The monoisotopic (exact) mass is 552 g/mol. The van der Waals surface area contributed by atoms with Gasteiger partial charge in [0.05, 0.1) is 31.1 Å². The molecule has 2 heterocycles. The maximum Gasteiger partial charge on any atom is 0.306 e. The van der Waals surface area contributed by atoms with E-state index in [1.54, 1.807) is 18.2 Å². The van der Waals surface area contributed by atoms with E-state index in [0.29, 0.717) is 29.0 Å². The number of carbonyl (C=O) groups is 1. The molecule has 1 aromatic heterocycles. The van der Waals surface area contributed by atoms with Gasteiger partial charge in [0.1, 0.15) is 29.1 Å². The normalized spacial score (nSPS) is 13.6. The molecule has 0 amide bonds. The van der Waals surface area contributed by atoms with E-state index >= 15 is 0 Å². The zero-order valence-corrected chi connectivity index (χ0v) is 20.7. The molecular weight excluding hydrogens is 532 g/mol. The van der Waals surface area contributed by atoms with E-state index in [9.17, 15) is 19.8 Å². The molecule has 1 aliphatic heterocycles. The molecule has 9 heteroatoms. The van der Waals surface area contributed by atoms with Crippen molar-refractivity contribution in [1.29, 1.82) is 0 Å². The third-order valence-electron chi connectivity index (χ3n) is 6.16. The Morgan fingerprint density at radius 1 is 1.14 bits per heavy atom. The number of phenolic OH excluding ortho intramolecular Hbond substituents is 2. The lowest BCUT2D eigenvalue weighted by atomic mass is 9.85. The maximum atomic E-state index is 13.5. The van der Waals surface area contributed by atoms with Crippen molar-refractivity contribution in [2.24, 2.45) is 0 Å². The van der Waals surface area contributed by atoms with E-state index in [1.807, 2.05) is 6.07 Å². The van der Waals surface area contributed by atoms with Crippen LogP contribution in [0.2, 0.25) is 0 Å². The Labute approximate surface area is 213 Å². The molecule has 0 saturated heterocycles. The zero-order chi connectivity index (χ0) is 25.4. The van der Waals surface area contributed by atoms with Gasteiger partial charge in [-0.1, -0.05) is 28.1 Å². The molecule has 36 heavy (non-hydrogen) atoms. The molecule has 0 unspecified atom stereocenters. The molecule has 0 saturated carbocycles. The summed E-state index contributed by atoms with van der Waals surface area (Å²) in [6.07, 6.45) is 1.18. The lowest BCUT2D eigenvalue weighted by molar-refractivity contribution is -0.140. The number of carbonyl (C=O) groups excluding carboxylic acids is 1. The molecule has 184 valence electrons. The van der Waals surface area contributed by atoms with Crippen LogP contribution >= 0.6 is 15.9 Å². The molecule has 2 N–H and O–H groups in total. The Hall–Kier alpha value is -3.82. The Morgan fingerprint density at radius 3 is 2.67 bits per heavy atom. The number of halogens is 1. The molecule has 8 nitrogen and oxygen atoms in total. The van der Waals surface area contributed by atoms with Gasteiger partial charge in [-0.15, -0.1) is 0 Å². The van der Waals surface area contributed by atoms with Gasteiger partial charge in [0.15, 0.2) is 6.79 Å². The van der Waals surface area contributed by atoms with Crippen molar-refractivity contribution >= 4 is 32.9 Å².